The highest BCUT2D eigenvalue weighted by Gasteiger charge is 2.30. The van der Waals surface area contributed by atoms with Crippen molar-refractivity contribution in [3.63, 3.8) is 0 Å². The molecule has 0 bridgehead atoms. The van der Waals surface area contributed by atoms with Crippen LogP contribution in [-0.4, -0.2) is 30.3 Å². The van der Waals surface area contributed by atoms with E-state index >= 15 is 0 Å². The monoisotopic (exact) mass is 237 g/mol. The van der Waals surface area contributed by atoms with Crippen LogP contribution in [0.3, 0.4) is 0 Å². The van der Waals surface area contributed by atoms with Crippen LogP contribution < -0.4 is 0 Å². The largest absolute Gasteiger partial charge is 0.302 e. The molecule has 0 aromatic heterocycles. The van der Waals surface area contributed by atoms with Crippen LogP contribution >= 0.6 is 0 Å². The molecular weight excluding hydrogens is 210 g/mol. The summed E-state index contributed by atoms with van der Waals surface area (Å²) in [6.07, 6.45) is 6.38. The number of carbonyl (C=O) groups excluding carboxylic acids is 1. The molecule has 98 valence electrons. The Hall–Kier alpha value is -0.370. The van der Waals surface area contributed by atoms with E-state index in [2.05, 4.69) is 4.90 Å². The smallest absolute Gasteiger partial charge is 0.139 e. The van der Waals surface area contributed by atoms with Gasteiger partial charge in [-0.15, -0.1) is 0 Å². The molecule has 2 saturated carbocycles. The summed E-state index contributed by atoms with van der Waals surface area (Å²) < 4.78 is 0. The number of carbonyl (C=O) groups is 1. The van der Waals surface area contributed by atoms with Crippen LogP contribution in [0.4, 0.5) is 0 Å². The first-order valence-electron chi connectivity index (χ1n) is 7.21. The second-order valence-corrected chi connectivity index (χ2v) is 7.07. The minimum absolute atomic E-state index is 0.162. The zero-order valence-electron chi connectivity index (χ0n) is 11.7. The SMILES string of the molecule is CC(C)(C)C(=O)CCN(CC1CC1)CC1CC1. The quantitative estimate of drug-likeness (QED) is 0.678. The molecule has 0 aromatic rings. The third-order valence-electron chi connectivity index (χ3n) is 3.92. The van der Waals surface area contributed by atoms with E-state index in [0.717, 1.165) is 24.8 Å². The van der Waals surface area contributed by atoms with E-state index in [0.29, 0.717) is 5.78 Å². The first-order valence-corrected chi connectivity index (χ1v) is 7.21. The van der Waals surface area contributed by atoms with Crippen LogP contribution in [0.5, 0.6) is 0 Å². The highest BCUT2D eigenvalue weighted by Crippen LogP contribution is 2.33. The molecular formula is C15H27NO. The van der Waals surface area contributed by atoms with Gasteiger partial charge in [-0.05, 0) is 37.5 Å². The van der Waals surface area contributed by atoms with Gasteiger partial charge in [0.2, 0.25) is 0 Å². The molecule has 2 aliphatic rings. The van der Waals surface area contributed by atoms with E-state index in [1.807, 2.05) is 20.8 Å². The molecule has 0 spiro atoms. The van der Waals surface area contributed by atoms with Crippen molar-refractivity contribution in [2.45, 2.75) is 52.9 Å². The second-order valence-electron chi connectivity index (χ2n) is 7.07. The van der Waals surface area contributed by atoms with Crippen LogP contribution in [0, 0.1) is 17.3 Å². The minimum atomic E-state index is -0.162. The van der Waals surface area contributed by atoms with Gasteiger partial charge in [0, 0.05) is 31.5 Å². The van der Waals surface area contributed by atoms with Crippen LogP contribution in [0.2, 0.25) is 0 Å². The predicted molar refractivity (Wildman–Crippen MR) is 71.0 cm³/mol. The molecule has 0 radical (unpaired) electrons. The first-order chi connectivity index (χ1) is 7.95. The molecule has 0 N–H and O–H groups in total. The lowest BCUT2D eigenvalue weighted by Crippen LogP contribution is -2.32. The Bertz CT molecular complexity index is 257. The maximum Gasteiger partial charge on any atom is 0.139 e. The third-order valence-corrected chi connectivity index (χ3v) is 3.92. The molecule has 2 fully saturated rings. The zero-order chi connectivity index (χ0) is 12.5. The predicted octanol–water partition coefficient (Wildman–Crippen LogP) is 3.11. The molecule has 0 saturated heterocycles. The minimum Gasteiger partial charge on any atom is -0.302 e. The van der Waals surface area contributed by atoms with Crippen molar-refractivity contribution in [2.75, 3.05) is 19.6 Å². The van der Waals surface area contributed by atoms with Crippen LogP contribution in [0.15, 0.2) is 0 Å². The molecule has 0 atom stereocenters. The second kappa shape index (κ2) is 5.09. The van der Waals surface area contributed by atoms with Crippen molar-refractivity contribution in [2.24, 2.45) is 17.3 Å². The van der Waals surface area contributed by atoms with Gasteiger partial charge >= 0.3 is 0 Å². The van der Waals surface area contributed by atoms with Crippen molar-refractivity contribution in [1.82, 2.24) is 4.90 Å². The summed E-state index contributed by atoms with van der Waals surface area (Å²) in [5, 5.41) is 0. The number of nitrogens with zero attached hydrogens (tertiary/aromatic N) is 1. The molecule has 2 nitrogen and oxygen atoms in total. The molecule has 2 heteroatoms. The molecule has 0 heterocycles. The molecule has 17 heavy (non-hydrogen) atoms. The van der Waals surface area contributed by atoms with Crippen molar-refractivity contribution in [1.29, 1.82) is 0 Å². The van der Waals surface area contributed by atoms with Gasteiger partial charge < -0.3 is 4.90 Å². The maximum absolute atomic E-state index is 11.9. The Kier molecular flexibility index (Phi) is 3.92. The van der Waals surface area contributed by atoms with E-state index in [1.165, 1.54) is 38.8 Å². The lowest BCUT2D eigenvalue weighted by molar-refractivity contribution is -0.126. The van der Waals surface area contributed by atoms with Gasteiger partial charge in [-0.3, -0.25) is 4.79 Å². The Labute approximate surface area is 106 Å². The summed E-state index contributed by atoms with van der Waals surface area (Å²) in [4.78, 5) is 14.5. The Morgan fingerprint density at radius 1 is 1.06 bits per heavy atom. The number of Topliss-reactive ketones (excluding diaryl/α,β-unsaturated/α-hetero) is 1. The number of ketones is 1. The lowest BCUT2D eigenvalue weighted by atomic mass is 9.89. The zero-order valence-corrected chi connectivity index (χ0v) is 11.7. The summed E-state index contributed by atoms with van der Waals surface area (Å²) in [7, 11) is 0. The molecule has 2 rings (SSSR count). The van der Waals surface area contributed by atoms with Gasteiger partial charge in [-0.2, -0.15) is 0 Å². The maximum atomic E-state index is 11.9. The topological polar surface area (TPSA) is 20.3 Å². The fourth-order valence-electron chi connectivity index (χ4n) is 2.22. The number of rotatable bonds is 7. The van der Waals surface area contributed by atoms with E-state index in [9.17, 15) is 4.79 Å². The van der Waals surface area contributed by atoms with E-state index in [-0.39, 0.29) is 5.41 Å². The van der Waals surface area contributed by atoms with Crippen molar-refractivity contribution in [3.05, 3.63) is 0 Å². The average Bonchev–Trinajstić information content (AvgIpc) is 3.06. The van der Waals surface area contributed by atoms with Gasteiger partial charge in [-0.25, -0.2) is 0 Å². The van der Waals surface area contributed by atoms with Gasteiger partial charge in [0.05, 0.1) is 0 Å². The molecule has 0 unspecified atom stereocenters. The summed E-state index contributed by atoms with van der Waals surface area (Å²) in [6, 6.07) is 0. The van der Waals surface area contributed by atoms with Gasteiger partial charge in [0.1, 0.15) is 5.78 Å². The molecule has 0 aliphatic heterocycles. The number of hydrogen-bond donors (Lipinski definition) is 0. The van der Waals surface area contributed by atoms with Gasteiger partial charge in [0.15, 0.2) is 0 Å². The summed E-state index contributed by atoms with van der Waals surface area (Å²) >= 11 is 0. The fourth-order valence-corrected chi connectivity index (χ4v) is 2.22. The fraction of sp³-hybridized carbons (Fsp3) is 0.933. The first kappa shape index (κ1) is 13.1. The third kappa shape index (κ3) is 4.79. The highest BCUT2D eigenvalue weighted by molar-refractivity contribution is 5.83. The Morgan fingerprint density at radius 2 is 1.53 bits per heavy atom. The van der Waals surface area contributed by atoms with Crippen LogP contribution in [-0.2, 0) is 4.79 Å². The number of hydrogen-bond acceptors (Lipinski definition) is 2. The van der Waals surface area contributed by atoms with E-state index in [1.54, 1.807) is 0 Å². The Balaban J connectivity index is 1.73. The lowest BCUT2D eigenvalue weighted by Gasteiger charge is -2.24. The van der Waals surface area contributed by atoms with Crippen molar-refractivity contribution < 1.29 is 4.79 Å². The molecule has 2 aliphatic carbocycles. The van der Waals surface area contributed by atoms with Gasteiger partial charge in [0.25, 0.3) is 0 Å². The Morgan fingerprint density at radius 3 is 1.88 bits per heavy atom. The molecule has 0 aromatic carbocycles. The highest BCUT2D eigenvalue weighted by atomic mass is 16.1. The van der Waals surface area contributed by atoms with Crippen molar-refractivity contribution in [3.8, 4) is 0 Å². The average molecular weight is 237 g/mol. The van der Waals surface area contributed by atoms with Crippen molar-refractivity contribution >= 4 is 5.78 Å². The van der Waals surface area contributed by atoms with Crippen LogP contribution in [0.1, 0.15) is 52.9 Å². The summed E-state index contributed by atoms with van der Waals surface area (Å²) in [5.74, 6) is 2.30. The van der Waals surface area contributed by atoms with E-state index in [4.69, 9.17) is 0 Å². The van der Waals surface area contributed by atoms with Crippen LogP contribution in [0.25, 0.3) is 0 Å². The van der Waals surface area contributed by atoms with Gasteiger partial charge in [-0.1, -0.05) is 20.8 Å². The summed E-state index contributed by atoms with van der Waals surface area (Å²) in [6.45, 7) is 9.56. The normalized spacial score (nSPS) is 20.9. The molecule has 0 amide bonds. The van der Waals surface area contributed by atoms with E-state index < -0.39 is 0 Å². The summed E-state index contributed by atoms with van der Waals surface area (Å²) in [5.41, 5.74) is -0.162. The standard InChI is InChI=1S/C15H27NO/c1-15(2,3)14(17)8-9-16(10-12-4-5-12)11-13-6-7-13/h12-13H,4-11H2,1-3H3.